The van der Waals surface area contributed by atoms with Gasteiger partial charge in [0.1, 0.15) is 5.75 Å². The van der Waals surface area contributed by atoms with E-state index in [9.17, 15) is 18.0 Å². The molecule has 4 atom stereocenters. The van der Waals surface area contributed by atoms with Gasteiger partial charge in [-0.3, -0.25) is 15.2 Å². The first-order chi connectivity index (χ1) is 11.4. The lowest BCUT2D eigenvalue weighted by Crippen LogP contribution is -2.62. The summed E-state index contributed by atoms with van der Waals surface area (Å²) in [7, 11) is 0. The molecule has 3 rings (SSSR count). The minimum atomic E-state index is -4.74. The molecule has 6 nitrogen and oxygen atoms in total. The number of amides is 1. The van der Waals surface area contributed by atoms with Crippen LogP contribution in [0.2, 0.25) is 0 Å². The molecule has 1 aromatic heterocycles. The first-order valence-corrected chi connectivity index (χ1v) is 7.83. The zero-order chi connectivity index (χ0) is 17.3. The highest BCUT2D eigenvalue weighted by Crippen LogP contribution is 2.42. The zero-order valence-electron chi connectivity index (χ0n) is 12.8. The van der Waals surface area contributed by atoms with Crippen LogP contribution in [-0.2, 0) is 4.79 Å². The number of rotatable bonds is 3. The Bertz CT molecular complexity index is 611. The Morgan fingerprint density at radius 1 is 1.33 bits per heavy atom. The van der Waals surface area contributed by atoms with Gasteiger partial charge in [0.25, 0.3) is 0 Å². The molecule has 4 N–H and O–H groups in total. The van der Waals surface area contributed by atoms with Crippen molar-refractivity contribution in [2.45, 2.75) is 37.6 Å². The second-order valence-corrected chi connectivity index (χ2v) is 6.26. The smallest absolute Gasteiger partial charge is 0.404 e. The summed E-state index contributed by atoms with van der Waals surface area (Å²) in [5, 5.41) is 0. The average molecular weight is 344 g/mol. The number of nitrogens with zero attached hydrogens (tertiary/aromatic N) is 1. The van der Waals surface area contributed by atoms with Crippen molar-refractivity contribution < 1.29 is 22.7 Å². The molecule has 2 fully saturated rings. The van der Waals surface area contributed by atoms with E-state index in [0.717, 1.165) is 6.20 Å². The number of halogens is 3. The molecule has 1 aliphatic carbocycles. The number of hydrazine groups is 1. The third-order valence-corrected chi connectivity index (χ3v) is 4.83. The predicted octanol–water partition coefficient (Wildman–Crippen LogP) is 1.44. The van der Waals surface area contributed by atoms with Gasteiger partial charge in [-0.25, -0.2) is 5.43 Å². The third kappa shape index (κ3) is 3.62. The van der Waals surface area contributed by atoms with E-state index in [0.29, 0.717) is 31.4 Å². The molecular weight excluding hydrogens is 325 g/mol. The number of hydrogen-bond donors (Lipinski definition) is 3. The molecule has 1 aliphatic heterocycles. The maximum atomic E-state index is 12.4. The maximum absolute atomic E-state index is 12.4. The van der Waals surface area contributed by atoms with E-state index in [1.807, 2.05) is 0 Å². The topological polar surface area (TPSA) is 89.3 Å². The van der Waals surface area contributed by atoms with E-state index in [2.05, 4.69) is 20.6 Å². The zero-order valence-corrected chi connectivity index (χ0v) is 12.8. The fourth-order valence-corrected chi connectivity index (χ4v) is 3.72. The number of fused-ring (bicyclic) bond motifs is 1. The van der Waals surface area contributed by atoms with Crippen LogP contribution in [0.15, 0.2) is 18.5 Å². The molecule has 1 aromatic rings. The highest BCUT2D eigenvalue weighted by Gasteiger charge is 2.42. The van der Waals surface area contributed by atoms with Crippen LogP contribution in [0, 0.1) is 11.8 Å². The van der Waals surface area contributed by atoms with E-state index in [1.165, 1.54) is 6.07 Å². The van der Waals surface area contributed by atoms with E-state index >= 15 is 0 Å². The molecule has 0 spiro atoms. The molecule has 9 heteroatoms. The van der Waals surface area contributed by atoms with E-state index < -0.39 is 6.36 Å². The summed E-state index contributed by atoms with van der Waals surface area (Å²) in [6, 6.07) is 1.33. The summed E-state index contributed by atoms with van der Waals surface area (Å²) in [4.78, 5) is 15.8. The molecule has 0 bridgehead atoms. The lowest BCUT2D eigenvalue weighted by atomic mass is 9.68. The number of carbonyl (C=O) groups excluding carboxylic acids is 1. The molecule has 132 valence electrons. The Labute approximate surface area is 136 Å². The number of ether oxygens (including phenoxy) is 1. The molecular formula is C15H19F3N4O2. The van der Waals surface area contributed by atoms with Crippen molar-refractivity contribution in [1.82, 2.24) is 15.8 Å². The van der Waals surface area contributed by atoms with Gasteiger partial charge < -0.3 is 10.5 Å². The Morgan fingerprint density at radius 3 is 2.83 bits per heavy atom. The van der Waals surface area contributed by atoms with Crippen LogP contribution in [0.1, 0.15) is 30.7 Å². The maximum Gasteiger partial charge on any atom is 0.573 e. The number of carbonyl (C=O) groups is 1. The summed E-state index contributed by atoms with van der Waals surface area (Å²) < 4.78 is 41.0. The standard InChI is InChI=1S/C15H19F3N4O2/c16-15(17,18)24-10-3-9(6-20-7-10)8-1-2-11-12(4-8)13(5-19)21-22-14(11)23/h3,6-8,11-13,21H,1-2,4-5,19H2,(H,22,23). The van der Waals surface area contributed by atoms with E-state index in [4.69, 9.17) is 5.73 Å². The average Bonchev–Trinajstić information content (AvgIpc) is 2.53. The minimum absolute atomic E-state index is 0.0253. The van der Waals surface area contributed by atoms with Crippen molar-refractivity contribution in [2.24, 2.45) is 17.6 Å². The SMILES string of the molecule is NCC1NNC(=O)C2CCC(c3cncc(OC(F)(F)F)c3)CC12. The molecule has 1 amide bonds. The highest BCUT2D eigenvalue weighted by atomic mass is 19.4. The lowest BCUT2D eigenvalue weighted by molar-refractivity contribution is -0.274. The monoisotopic (exact) mass is 344 g/mol. The molecule has 0 radical (unpaired) electrons. The first kappa shape index (κ1) is 17.0. The van der Waals surface area contributed by atoms with Crippen LogP contribution < -0.4 is 21.3 Å². The fraction of sp³-hybridized carbons (Fsp3) is 0.600. The van der Waals surface area contributed by atoms with Crippen LogP contribution in [0.25, 0.3) is 0 Å². The summed E-state index contributed by atoms with van der Waals surface area (Å²) in [5.41, 5.74) is 12.0. The fourth-order valence-electron chi connectivity index (χ4n) is 3.72. The van der Waals surface area contributed by atoms with Gasteiger partial charge in [-0.1, -0.05) is 0 Å². The van der Waals surface area contributed by atoms with Crippen molar-refractivity contribution in [3.8, 4) is 5.75 Å². The highest BCUT2D eigenvalue weighted by molar-refractivity contribution is 5.79. The van der Waals surface area contributed by atoms with Gasteiger partial charge >= 0.3 is 6.36 Å². The van der Waals surface area contributed by atoms with E-state index in [-0.39, 0.29) is 35.5 Å². The Morgan fingerprint density at radius 2 is 2.12 bits per heavy atom. The van der Waals surface area contributed by atoms with E-state index in [1.54, 1.807) is 6.20 Å². The van der Waals surface area contributed by atoms with Crippen molar-refractivity contribution >= 4 is 5.91 Å². The van der Waals surface area contributed by atoms with Gasteiger partial charge in [0.15, 0.2) is 0 Å². The van der Waals surface area contributed by atoms with Gasteiger partial charge in [0, 0.05) is 24.7 Å². The Balaban J connectivity index is 1.76. The lowest BCUT2D eigenvalue weighted by Gasteiger charge is -2.43. The van der Waals surface area contributed by atoms with Crippen molar-refractivity contribution in [1.29, 1.82) is 0 Å². The molecule has 1 saturated carbocycles. The third-order valence-electron chi connectivity index (χ3n) is 4.83. The predicted molar refractivity (Wildman–Crippen MR) is 78.6 cm³/mol. The molecule has 1 saturated heterocycles. The first-order valence-electron chi connectivity index (χ1n) is 7.83. The van der Waals surface area contributed by atoms with Crippen LogP contribution >= 0.6 is 0 Å². The molecule has 4 unspecified atom stereocenters. The summed E-state index contributed by atoms with van der Waals surface area (Å²) in [5.74, 6) is -0.405. The molecule has 2 heterocycles. The second kappa shape index (κ2) is 6.56. The van der Waals surface area contributed by atoms with Crippen molar-refractivity contribution in [3.63, 3.8) is 0 Å². The summed E-state index contributed by atoms with van der Waals surface area (Å²) >= 11 is 0. The Hall–Kier alpha value is -1.87. The largest absolute Gasteiger partial charge is 0.573 e. The number of nitrogens with two attached hydrogens (primary N) is 1. The van der Waals surface area contributed by atoms with Gasteiger partial charge in [-0.15, -0.1) is 13.2 Å². The van der Waals surface area contributed by atoms with Crippen molar-refractivity contribution in [2.75, 3.05) is 6.54 Å². The molecule has 24 heavy (non-hydrogen) atoms. The van der Waals surface area contributed by atoms with Gasteiger partial charge in [0.05, 0.1) is 6.20 Å². The number of hydrogen-bond acceptors (Lipinski definition) is 5. The van der Waals surface area contributed by atoms with Gasteiger partial charge in [0.2, 0.25) is 5.91 Å². The summed E-state index contributed by atoms with van der Waals surface area (Å²) in [6.45, 7) is 0.379. The number of nitrogens with one attached hydrogen (secondary N) is 2. The number of alkyl halides is 3. The van der Waals surface area contributed by atoms with Crippen LogP contribution in [-0.4, -0.2) is 29.8 Å². The quantitative estimate of drug-likeness (QED) is 0.772. The van der Waals surface area contributed by atoms with Crippen molar-refractivity contribution in [3.05, 3.63) is 24.0 Å². The summed E-state index contributed by atoms with van der Waals surface area (Å²) in [6.07, 6.45) is -0.0895. The number of pyridine rings is 1. The van der Waals surface area contributed by atoms with Crippen LogP contribution in [0.4, 0.5) is 13.2 Å². The number of aromatic nitrogens is 1. The second-order valence-electron chi connectivity index (χ2n) is 6.26. The minimum Gasteiger partial charge on any atom is -0.404 e. The van der Waals surface area contributed by atoms with Gasteiger partial charge in [-0.2, -0.15) is 0 Å². The van der Waals surface area contributed by atoms with Gasteiger partial charge in [-0.05, 0) is 42.7 Å². The molecule has 0 aromatic carbocycles. The van der Waals surface area contributed by atoms with Crippen LogP contribution in [0.5, 0.6) is 5.75 Å². The normalized spacial score (nSPS) is 30.4. The molecule has 2 aliphatic rings. The Kier molecular flexibility index (Phi) is 4.64. The van der Waals surface area contributed by atoms with Crippen LogP contribution in [0.3, 0.4) is 0 Å².